The average molecular weight is 256 g/mol. The second kappa shape index (κ2) is 7.09. The molecule has 0 aliphatic carbocycles. The van der Waals surface area contributed by atoms with Crippen molar-refractivity contribution >= 4 is 11.3 Å². The Kier molecular flexibility index (Phi) is 6.09. The Morgan fingerprint density at radius 1 is 1.35 bits per heavy atom. The molecule has 3 nitrogen and oxygen atoms in total. The monoisotopic (exact) mass is 256 g/mol. The summed E-state index contributed by atoms with van der Waals surface area (Å²) in [6.45, 7) is 10.8. The van der Waals surface area contributed by atoms with Gasteiger partial charge in [0.1, 0.15) is 0 Å². The molecule has 0 unspecified atom stereocenters. The molecule has 0 aliphatic heterocycles. The van der Waals surface area contributed by atoms with Crippen LogP contribution in [0.5, 0.6) is 0 Å². The first kappa shape index (κ1) is 14.6. The van der Waals surface area contributed by atoms with Crippen LogP contribution < -0.4 is 0 Å². The molecule has 1 aromatic heterocycles. The van der Waals surface area contributed by atoms with Gasteiger partial charge in [0.15, 0.2) is 0 Å². The third-order valence-corrected chi connectivity index (χ3v) is 3.96. The van der Waals surface area contributed by atoms with Crippen LogP contribution in [-0.4, -0.2) is 34.2 Å². The molecule has 1 N–H and O–H groups in total. The van der Waals surface area contributed by atoms with Gasteiger partial charge >= 0.3 is 0 Å². The summed E-state index contributed by atoms with van der Waals surface area (Å²) in [5, 5.41) is 12.3. The summed E-state index contributed by atoms with van der Waals surface area (Å²) in [7, 11) is 0. The minimum absolute atomic E-state index is 0.261. The topological polar surface area (TPSA) is 36.4 Å². The smallest absolute Gasteiger partial charge is 0.0954 e. The normalized spacial score (nSPS) is 12.0. The Hall–Kier alpha value is -0.450. The summed E-state index contributed by atoms with van der Waals surface area (Å²) >= 11 is 1.75. The van der Waals surface area contributed by atoms with E-state index in [1.807, 2.05) is 0 Å². The Balaban J connectivity index is 2.58. The predicted molar refractivity (Wildman–Crippen MR) is 73.5 cm³/mol. The van der Waals surface area contributed by atoms with Crippen molar-refractivity contribution in [2.75, 3.05) is 13.2 Å². The molecular weight excluding hydrogens is 232 g/mol. The van der Waals surface area contributed by atoms with E-state index in [4.69, 9.17) is 5.11 Å². The lowest BCUT2D eigenvalue weighted by Crippen LogP contribution is -2.31. The molecule has 1 heterocycles. The van der Waals surface area contributed by atoms with E-state index in [1.54, 1.807) is 11.3 Å². The van der Waals surface area contributed by atoms with Crippen LogP contribution >= 0.6 is 11.3 Å². The number of aliphatic hydroxyl groups excluding tert-OH is 1. The first-order valence-electron chi connectivity index (χ1n) is 6.33. The zero-order valence-electron chi connectivity index (χ0n) is 11.3. The van der Waals surface area contributed by atoms with Gasteiger partial charge in [-0.1, -0.05) is 13.8 Å². The molecule has 1 rings (SSSR count). The van der Waals surface area contributed by atoms with Gasteiger partial charge in [-0.3, -0.25) is 4.90 Å². The highest BCUT2D eigenvalue weighted by atomic mass is 32.1. The second-order valence-electron chi connectivity index (χ2n) is 4.97. The molecule has 0 atom stereocenters. The number of aliphatic hydroxyl groups is 1. The van der Waals surface area contributed by atoms with Crippen molar-refractivity contribution in [3.05, 3.63) is 16.1 Å². The highest BCUT2D eigenvalue weighted by Gasteiger charge is 2.12. The summed E-state index contributed by atoms with van der Waals surface area (Å²) in [4.78, 5) is 7.01. The molecule has 4 heteroatoms. The van der Waals surface area contributed by atoms with E-state index in [-0.39, 0.29) is 6.61 Å². The van der Waals surface area contributed by atoms with Gasteiger partial charge in [0.25, 0.3) is 0 Å². The molecule has 98 valence electrons. The minimum Gasteiger partial charge on any atom is -0.396 e. The van der Waals surface area contributed by atoms with Crippen molar-refractivity contribution in [2.24, 2.45) is 0 Å². The lowest BCUT2D eigenvalue weighted by molar-refractivity contribution is 0.183. The molecule has 1 aromatic rings. The maximum atomic E-state index is 8.90. The summed E-state index contributed by atoms with van der Waals surface area (Å²) < 4.78 is 0. The van der Waals surface area contributed by atoms with E-state index in [0.29, 0.717) is 12.0 Å². The van der Waals surface area contributed by atoms with Crippen LogP contribution in [0.4, 0.5) is 0 Å². The van der Waals surface area contributed by atoms with Crippen LogP contribution in [0.25, 0.3) is 0 Å². The van der Waals surface area contributed by atoms with Gasteiger partial charge in [-0.2, -0.15) is 0 Å². The zero-order valence-corrected chi connectivity index (χ0v) is 12.1. The molecule has 0 aliphatic rings. The third kappa shape index (κ3) is 4.74. The molecule has 0 spiro atoms. The van der Waals surface area contributed by atoms with Crippen LogP contribution in [0.1, 0.15) is 50.7 Å². The third-order valence-electron chi connectivity index (χ3n) is 2.76. The maximum absolute atomic E-state index is 8.90. The van der Waals surface area contributed by atoms with Crippen molar-refractivity contribution in [2.45, 2.75) is 52.6 Å². The van der Waals surface area contributed by atoms with Crippen LogP contribution in [0.2, 0.25) is 0 Å². The van der Waals surface area contributed by atoms with E-state index in [1.165, 1.54) is 5.01 Å². The van der Waals surface area contributed by atoms with Gasteiger partial charge in [0, 0.05) is 37.0 Å². The van der Waals surface area contributed by atoms with Crippen molar-refractivity contribution in [1.82, 2.24) is 9.88 Å². The van der Waals surface area contributed by atoms with Gasteiger partial charge in [0.2, 0.25) is 0 Å². The largest absolute Gasteiger partial charge is 0.396 e. The number of rotatable bonds is 7. The maximum Gasteiger partial charge on any atom is 0.0954 e. The molecule has 0 saturated carbocycles. The van der Waals surface area contributed by atoms with Crippen molar-refractivity contribution in [3.63, 3.8) is 0 Å². The van der Waals surface area contributed by atoms with Crippen LogP contribution in [0.3, 0.4) is 0 Å². The first-order chi connectivity index (χ1) is 8.04. The molecule has 0 saturated heterocycles. The standard InChI is InChI=1S/C13H24N2OS/c1-10(2)13-14-12(9-17-13)8-15(11(3)4)6-5-7-16/h9-11,16H,5-8H2,1-4H3. The predicted octanol–water partition coefficient (Wildman–Crippen LogP) is 2.86. The van der Waals surface area contributed by atoms with Crippen molar-refractivity contribution in [1.29, 1.82) is 0 Å². The van der Waals surface area contributed by atoms with Crippen molar-refractivity contribution in [3.8, 4) is 0 Å². The van der Waals surface area contributed by atoms with Gasteiger partial charge in [-0.05, 0) is 20.3 Å². The lowest BCUT2D eigenvalue weighted by Gasteiger charge is -2.25. The van der Waals surface area contributed by atoms with Gasteiger partial charge < -0.3 is 5.11 Å². The van der Waals surface area contributed by atoms with E-state index >= 15 is 0 Å². The molecule has 0 amide bonds. The minimum atomic E-state index is 0.261. The molecule has 0 radical (unpaired) electrons. The van der Waals surface area contributed by atoms with Gasteiger partial charge in [-0.25, -0.2) is 4.98 Å². The fourth-order valence-electron chi connectivity index (χ4n) is 1.66. The number of nitrogens with zero attached hydrogens (tertiary/aromatic N) is 2. The average Bonchev–Trinajstić information content (AvgIpc) is 2.72. The highest BCUT2D eigenvalue weighted by Crippen LogP contribution is 2.20. The van der Waals surface area contributed by atoms with Crippen LogP contribution in [0.15, 0.2) is 5.38 Å². The van der Waals surface area contributed by atoms with E-state index in [0.717, 1.165) is 25.2 Å². The van der Waals surface area contributed by atoms with Crippen LogP contribution in [-0.2, 0) is 6.54 Å². The highest BCUT2D eigenvalue weighted by molar-refractivity contribution is 7.09. The summed E-state index contributed by atoms with van der Waals surface area (Å²) in [6.07, 6.45) is 0.833. The van der Waals surface area contributed by atoms with E-state index in [9.17, 15) is 0 Å². The Bertz CT molecular complexity index is 323. The number of hydrogen-bond acceptors (Lipinski definition) is 4. The molecular formula is C13H24N2OS. The van der Waals surface area contributed by atoms with E-state index < -0.39 is 0 Å². The van der Waals surface area contributed by atoms with Crippen LogP contribution in [0, 0.1) is 0 Å². The molecule has 0 fully saturated rings. The van der Waals surface area contributed by atoms with Gasteiger partial charge in [-0.15, -0.1) is 11.3 Å². The number of hydrogen-bond donors (Lipinski definition) is 1. The summed E-state index contributed by atoms with van der Waals surface area (Å²) in [6, 6.07) is 0.491. The molecule has 0 bridgehead atoms. The summed E-state index contributed by atoms with van der Waals surface area (Å²) in [5.74, 6) is 0.513. The first-order valence-corrected chi connectivity index (χ1v) is 7.21. The zero-order chi connectivity index (χ0) is 12.8. The molecule has 0 aromatic carbocycles. The van der Waals surface area contributed by atoms with Crippen molar-refractivity contribution < 1.29 is 5.11 Å². The quantitative estimate of drug-likeness (QED) is 0.815. The second-order valence-corrected chi connectivity index (χ2v) is 5.86. The fourth-order valence-corrected chi connectivity index (χ4v) is 2.49. The Morgan fingerprint density at radius 3 is 2.53 bits per heavy atom. The fraction of sp³-hybridized carbons (Fsp3) is 0.769. The van der Waals surface area contributed by atoms with E-state index in [2.05, 4.69) is 43.0 Å². The number of aromatic nitrogens is 1. The molecule has 17 heavy (non-hydrogen) atoms. The Labute approximate surface area is 108 Å². The summed E-state index contributed by atoms with van der Waals surface area (Å²) in [5.41, 5.74) is 1.16. The SMILES string of the molecule is CC(C)c1nc(CN(CCCO)C(C)C)cs1. The van der Waals surface area contributed by atoms with Gasteiger partial charge in [0.05, 0.1) is 10.7 Å². The Morgan fingerprint density at radius 2 is 2.06 bits per heavy atom. The number of thiazole rings is 1. The lowest BCUT2D eigenvalue weighted by atomic mass is 10.2.